The van der Waals surface area contributed by atoms with Gasteiger partial charge in [-0.25, -0.2) is 0 Å². The van der Waals surface area contributed by atoms with Crippen LogP contribution in [-0.2, 0) is 6.18 Å². The second-order valence-corrected chi connectivity index (χ2v) is 5.88. The maximum absolute atomic E-state index is 13.4. The minimum absolute atomic E-state index is 0.0877. The highest BCUT2D eigenvalue weighted by molar-refractivity contribution is 6.33. The highest BCUT2D eigenvalue weighted by Crippen LogP contribution is 2.48. The zero-order chi connectivity index (χ0) is 21.7. The molecule has 1 N–H and O–H groups in total. The van der Waals surface area contributed by atoms with Crippen molar-refractivity contribution in [3.63, 3.8) is 0 Å². The van der Waals surface area contributed by atoms with Crippen LogP contribution in [0.4, 0.5) is 44.7 Å². The van der Waals surface area contributed by atoms with Crippen molar-refractivity contribution < 1.29 is 41.3 Å². The number of hydrogen-bond donors (Lipinski definition) is 1. The second-order valence-electron chi connectivity index (χ2n) is 5.47. The van der Waals surface area contributed by atoms with Gasteiger partial charge in [-0.1, -0.05) is 11.6 Å². The maximum Gasteiger partial charge on any atom is 0.586 e. The lowest BCUT2D eigenvalue weighted by Gasteiger charge is -2.15. The van der Waals surface area contributed by atoms with Gasteiger partial charge in [0, 0.05) is 18.2 Å². The predicted octanol–water partition coefficient (Wildman–Crippen LogP) is 5.24. The fraction of sp³-hybridized carbons (Fsp3) is 0.143. The molecule has 1 aliphatic rings. The minimum Gasteiger partial charge on any atom is -0.395 e. The van der Waals surface area contributed by atoms with Crippen LogP contribution < -0.4 is 14.8 Å². The molecule has 9 nitrogen and oxygen atoms in total. The Morgan fingerprint density at radius 2 is 1.59 bits per heavy atom. The summed E-state index contributed by atoms with van der Waals surface area (Å²) in [5.41, 5.74) is -5.86. The van der Waals surface area contributed by atoms with Crippen LogP contribution in [0.1, 0.15) is 5.56 Å². The summed E-state index contributed by atoms with van der Waals surface area (Å²) in [7, 11) is 0. The van der Waals surface area contributed by atoms with Crippen molar-refractivity contribution in [3.05, 3.63) is 55.1 Å². The van der Waals surface area contributed by atoms with Gasteiger partial charge in [0.05, 0.1) is 32.2 Å². The third-order valence-corrected chi connectivity index (χ3v) is 3.88. The average Bonchev–Trinajstić information content (AvgIpc) is 2.86. The van der Waals surface area contributed by atoms with E-state index < -0.39 is 67.2 Å². The Kier molecular flexibility index (Phi) is 4.61. The highest BCUT2D eigenvalue weighted by Gasteiger charge is 2.44. The van der Waals surface area contributed by atoms with E-state index in [0.29, 0.717) is 6.07 Å². The Morgan fingerprint density at radius 1 is 1.00 bits per heavy atom. The number of nitrogens with one attached hydrogen (secondary N) is 1. The van der Waals surface area contributed by atoms with Crippen LogP contribution in [0, 0.1) is 20.2 Å². The molecule has 0 atom stereocenters. The molecule has 1 aliphatic heterocycles. The molecule has 0 bridgehead atoms. The average molecular weight is 442 g/mol. The zero-order valence-corrected chi connectivity index (χ0v) is 14.2. The Balaban J connectivity index is 2.17. The van der Waals surface area contributed by atoms with E-state index in [2.05, 4.69) is 9.47 Å². The van der Waals surface area contributed by atoms with E-state index in [9.17, 15) is 42.2 Å². The van der Waals surface area contributed by atoms with Crippen LogP contribution in [0.3, 0.4) is 0 Å². The number of nitro benzene ring substituents is 2. The van der Waals surface area contributed by atoms with E-state index in [0.717, 1.165) is 12.1 Å². The van der Waals surface area contributed by atoms with Crippen molar-refractivity contribution in [2.24, 2.45) is 0 Å². The molecule has 0 amide bonds. The van der Waals surface area contributed by atoms with Gasteiger partial charge in [-0.3, -0.25) is 20.2 Å². The summed E-state index contributed by atoms with van der Waals surface area (Å²) in [4.78, 5) is 19.5. The van der Waals surface area contributed by atoms with Crippen LogP contribution in [0.15, 0.2) is 24.3 Å². The van der Waals surface area contributed by atoms with Gasteiger partial charge in [-0.15, -0.1) is 8.78 Å². The summed E-state index contributed by atoms with van der Waals surface area (Å²) in [6.07, 6.45) is -9.28. The first-order chi connectivity index (χ1) is 13.3. The molecule has 0 spiro atoms. The molecule has 15 heteroatoms. The third kappa shape index (κ3) is 3.91. The maximum atomic E-state index is 13.4. The Hall–Kier alpha value is -3.42. The first kappa shape index (κ1) is 20.3. The number of non-ortho nitro benzene ring substituents is 1. The van der Waals surface area contributed by atoms with E-state index in [1.807, 2.05) is 5.32 Å². The standard InChI is InChI=1S/C14H5ClF5N3O6/c15-7-3-10-11(29-14(19,20)28-10)4-8(7)21-12-6(13(16,17)18)1-5(22(24)25)2-9(12)23(26)27/h1-4,21H. The molecule has 0 saturated heterocycles. The summed E-state index contributed by atoms with van der Waals surface area (Å²) in [5, 5.41) is 23.6. The molecule has 2 aromatic rings. The lowest BCUT2D eigenvalue weighted by Crippen LogP contribution is -2.25. The van der Waals surface area contributed by atoms with Crippen molar-refractivity contribution in [2.45, 2.75) is 12.5 Å². The number of ether oxygens (including phenoxy) is 2. The molecule has 0 radical (unpaired) electrons. The molecule has 29 heavy (non-hydrogen) atoms. The van der Waals surface area contributed by atoms with E-state index in [1.54, 1.807) is 0 Å². The van der Waals surface area contributed by atoms with Gasteiger partial charge in [-0.05, 0) is 0 Å². The fourth-order valence-corrected chi connectivity index (χ4v) is 2.62. The number of anilines is 2. The monoisotopic (exact) mass is 441 g/mol. The quantitative estimate of drug-likeness (QED) is 0.391. The molecule has 0 aromatic heterocycles. The number of rotatable bonds is 4. The molecule has 3 rings (SSSR count). The van der Waals surface area contributed by atoms with Gasteiger partial charge in [0.1, 0.15) is 5.69 Å². The Labute approximate surface area is 160 Å². The number of nitrogens with zero attached hydrogens (tertiary/aromatic N) is 2. The molecule has 1 heterocycles. The summed E-state index contributed by atoms with van der Waals surface area (Å²) in [6.45, 7) is 0. The van der Waals surface area contributed by atoms with Crippen LogP contribution in [0.5, 0.6) is 11.5 Å². The van der Waals surface area contributed by atoms with Gasteiger partial charge in [0.2, 0.25) is 0 Å². The van der Waals surface area contributed by atoms with E-state index in [1.165, 1.54) is 0 Å². The van der Waals surface area contributed by atoms with Crippen molar-refractivity contribution in [1.82, 2.24) is 0 Å². The second kappa shape index (κ2) is 6.58. The van der Waals surface area contributed by atoms with E-state index in [4.69, 9.17) is 11.6 Å². The molecule has 0 saturated carbocycles. The van der Waals surface area contributed by atoms with Gasteiger partial charge in [0.25, 0.3) is 11.4 Å². The fourth-order valence-electron chi connectivity index (χ4n) is 2.42. The molecule has 0 unspecified atom stereocenters. The summed E-state index contributed by atoms with van der Waals surface area (Å²) in [6, 6.07) is 1.94. The van der Waals surface area contributed by atoms with Crippen LogP contribution in [0.25, 0.3) is 0 Å². The number of benzene rings is 2. The molecular weight excluding hydrogens is 437 g/mol. The largest absolute Gasteiger partial charge is 0.586 e. The van der Waals surface area contributed by atoms with Crippen molar-refractivity contribution in [2.75, 3.05) is 5.32 Å². The summed E-state index contributed by atoms with van der Waals surface area (Å²) < 4.78 is 74.7. The lowest BCUT2D eigenvalue weighted by atomic mass is 10.1. The van der Waals surface area contributed by atoms with E-state index >= 15 is 0 Å². The van der Waals surface area contributed by atoms with Crippen LogP contribution >= 0.6 is 11.6 Å². The minimum atomic E-state index is -5.24. The summed E-state index contributed by atoms with van der Waals surface area (Å²) >= 11 is 5.83. The predicted molar refractivity (Wildman–Crippen MR) is 85.7 cm³/mol. The first-order valence-corrected chi connectivity index (χ1v) is 7.57. The zero-order valence-electron chi connectivity index (χ0n) is 13.4. The van der Waals surface area contributed by atoms with Crippen molar-refractivity contribution in [1.29, 1.82) is 0 Å². The normalized spacial score (nSPS) is 14.6. The number of fused-ring (bicyclic) bond motifs is 1. The van der Waals surface area contributed by atoms with Gasteiger partial charge < -0.3 is 14.8 Å². The molecule has 154 valence electrons. The Bertz CT molecular complexity index is 1050. The van der Waals surface area contributed by atoms with Gasteiger partial charge >= 0.3 is 12.5 Å². The molecule has 2 aromatic carbocycles. The van der Waals surface area contributed by atoms with Gasteiger partial charge in [0.15, 0.2) is 11.5 Å². The van der Waals surface area contributed by atoms with Crippen LogP contribution in [0.2, 0.25) is 5.02 Å². The Morgan fingerprint density at radius 3 is 2.10 bits per heavy atom. The van der Waals surface area contributed by atoms with Crippen molar-refractivity contribution >= 4 is 34.4 Å². The molecule has 0 fully saturated rings. The molecular formula is C14H5ClF5N3O6. The van der Waals surface area contributed by atoms with Gasteiger partial charge in [-0.2, -0.15) is 13.2 Å². The topological polar surface area (TPSA) is 117 Å². The lowest BCUT2D eigenvalue weighted by molar-refractivity contribution is -0.394. The number of hydrogen-bond acceptors (Lipinski definition) is 7. The van der Waals surface area contributed by atoms with Crippen molar-refractivity contribution in [3.8, 4) is 11.5 Å². The number of alkyl halides is 5. The summed E-state index contributed by atoms with van der Waals surface area (Å²) in [5.74, 6) is -1.11. The highest BCUT2D eigenvalue weighted by atomic mass is 35.5. The smallest absolute Gasteiger partial charge is 0.395 e. The van der Waals surface area contributed by atoms with Crippen LogP contribution in [-0.4, -0.2) is 16.1 Å². The molecule has 0 aliphatic carbocycles. The number of halogens is 6. The number of nitro groups is 2. The third-order valence-electron chi connectivity index (χ3n) is 3.57. The van der Waals surface area contributed by atoms with E-state index in [-0.39, 0.29) is 6.07 Å². The first-order valence-electron chi connectivity index (χ1n) is 7.19. The SMILES string of the molecule is O=[N+]([O-])c1cc([N+](=O)[O-])c(Nc2cc3c(cc2Cl)OC(F)(F)O3)c(C(F)(F)F)c1.